The van der Waals surface area contributed by atoms with Gasteiger partial charge in [-0.15, -0.1) is 0 Å². The Labute approximate surface area is 143 Å². The molecule has 0 radical (unpaired) electrons. The fourth-order valence-electron chi connectivity index (χ4n) is 3.37. The van der Waals surface area contributed by atoms with E-state index in [1.54, 1.807) is 0 Å². The van der Waals surface area contributed by atoms with Crippen molar-refractivity contribution in [1.82, 2.24) is 4.98 Å². The highest BCUT2D eigenvalue weighted by atomic mass is 79.9. The molecule has 21 heavy (non-hydrogen) atoms. The molecule has 1 heterocycles. The van der Waals surface area contributed by atoms with Crippen LogP contribution >= 0.6 is 31.9 Å². The molecule has 1 nitrogen and oxygen atoms in total. The van der Waals surface area contributed by atoms with Crippen LogP contribution in [0.25, 0.3) is 10.9 Å². The largest absolute Gasteiger partial charge is 0.251 e. The van der Waals surface area contributed by atoms with Gasteiger partial charge in [-0.3, -0.25) is 4.98 Å². The summed E-state index contributed by atoms with van der Waals surface area (Å²) in [6.45, 7) is 2.28. The lowest BCUT2D eigenvalue weighted by Gasteiger charge is -2.24. The number of rotatable bonds is 4. The quantitative estimate of drug-likeness (QED) is 0.528. The number of fused-ring (bicyclic) bond motifs is 2. The first kappa shape index (κ1) is 15.5. The Morgan fingerprint density at radius 3 is 2.86 bits per heavy atom. The fourth-order valence-corrected chi connectivity index (χ4v) is 4.72. The van der Waals surface area contributed by atoms with Gasteiger partial charge in [-0.1, -0.05) is 48.5 Å². The van der Waals surface area contributed by atoms with Crippen molar-refractivity contribution < 1.29 is 0 Å². The van der Waals surface area contributed by atoms with E-state index in [2.05, 4.69) is 57.0 Å². The third kappa shape index (κ3) is 3.50. The van der Waals surface area contributed by atoms with Crippen molar-refractivity contribution >= 4 is 42.8 Å². The van der Waals surface area contributed by atoms with E-state index < -0.39 is 0 Å². The van der Waals surface area contributed by atoms with E-state index in [1.807, 2.05) is 0 Å². The molecule has 0 bridgehead atoms. The second-order valence-electron chi connectivity index (χ2n) is 6.16. The molecule has 1 aliphatic carbocycles. The predicted molar refractivity (Wildman–Crippen MR) is 96.8 cm³/mol. The Balaban J connectivity index is 1.86. The Bertz CT molecular complexity index is 651. The molecule has 3 heteroatoms. The molecule has 1 aromatic heterocycles. The van der Waals surface area contributed by atoms with Gasteiger partial charge in [-0.05, 0) is 64.9 Å². The van der Waals surface area contributed by atoms with E-state index in [-0.39, 0.29) is 0 Å². The number of aromatic nitrogens is 1. The van der Waals surface area contributed by atoms with Crippen molar-refractivity contribution in [2.75, 3.05) is 0 Å². The summed E-state index contributed by atoms with van der Waals surface area (Å²) in [5.74, 6) is 0.860. The summed E-state index contributed by atoms with van der Waals surface area (Å²) in [6.07, 6.45) is 9.12. The number of nitrogens with zero attached hydrogens (tertiary/aromatic N) is 1. The first-order chi connectivity index (χ1) is 10.2. The number of unbranched alkanes of at least 4 members (excludes halogenated alkanes) is 2. The minimum atomic E-state index is 0.860. The Hall–Kier alpha value is -0.410. The number of aryl methyl sites for hydroxylation is 1. The zero-order valence-electron chi connectivity index (χ0n) is 12.5. The molecule has 0 N–H and O–H groups in total. The number of halogens is 2. The van der Waals surface area contributed by atoms with Gasteiger partial charge in [0.25, 0.3) is 0 Å². The molecule has 0 saturated carbocycles. The van der Waals surface area contributed by atoms with Crippen molar-refractivity contribution in [3.05, 3.63) is 38.4 Å². The van der Waals surface area contributed by atoms with E-state index in [0.29, 0.717) is 0 Å². The van der Waals surface area contributed by atoms with Crippen molar-refractivity contribution in [3.63, 3.8) is 0 Å². The van der Waals surface area contributed by atoms with E-state index in [9.17, 15) is 0 Å². The Morgan fingerprint density at radius 2 is 2.05 bits per heavy atom. The van der Waals surface area contributed by atoms with E-state index in [1.165, 1.54) is 55.2 Å². The molecule has 3 rings (SSSR count). The van der Waals surface area contributed by atoms with Crippen LogP contribution in [0.4, 0.5) is 0 Å². The standard InChI is InChI=1S/C18H21Br2N/c1-2-3-4-5-12-6-7-17-13(8-12)9-14-10-15(19)11-16(20)18(14)21-17/h9-12H,2-8H2,1H3/t12-/m0/s1. The van der Waals surface area contributed by atoms with Gasteiger partial charge in [-0.25, -0.2) is 0 Å². The maximum atomic E-state index is 4.92. The van der Waals surface area contributed by atoms with Gasteiger partial charge in [-0.2, -0.15) is 0 Å². The fraction of sp³-hybridized carbons (Fsp3) is 0.500. The summed E-state index contributed by atoms with van der Waals surface area (Å²) in [7, 11) is 0. The first-order valence-electron chi connectivity index (χ1n) is 7.95. The second-order valence-corrected chi connectivity index (χ2v) is 7.93. The van der Waals surface area contributed by atoms with E-state index in [0.717, 1.165) is 26.8 Å². The molecule has 0 amide bonds. The molecule has 1 atom stereocenters. The van der Waals surface area contributed by atoms with Gasteiger partial charge < -0.3 is 0 Å². The first-order valence-corrected chi connectivity index (χ1v) is 9.53. The monoisotopic (exact) mass is 409 g/mol. The van der Waals surface area contributed by atoms with Crippen molar-refractivity contribution in [1.29, 1.82) is 0 Å². The van der Waals surface area contributed by atoms with Gasteiger partial charge in [0.05, 0.1) is 5.52 Å². The highest BCUT2D eigenvalue weighted by Gasteiger charge is 2.20. The molecular weight excluding hydrogens is 390 g/mol. The molecule has 0 aliphatic heterocycles. The highest BCUT2D eigenvalue weighted by molar-refractivity contribution is 9.11. The van der Waals surface area contributed by atoms with Crippen LogP contribution in [0.1, 0.15) is 50.3 Å². The van der Waals surface area contributed by atoms with Gasteiger partial charge in [0.2, 0.25) is 0 Å². The SMILES string of the molecule is CCCCC[C@H]1CCc2nc3c(Br)cc(Br)cc3cc2C1. The van der Waals surface area contributed by atoms with Crippen LogP contribution in [0.3, 0.4) is 0 Å². The van der Waals surface area contributed by atoms with Gasteiger partial charge in [0.15, 0.2) is 0 Å². The molecule has 0 saturated heterocycles. The van der Waals surface area contributed by atoms with Gasteiger partial charge >= 0.3 is 0 Å². The second kappa shape index (κ2) is 6.78. The van der Waals surface area contributed by atoms with Crippen LogP contribution in [-0.2, 0) is 12.8 Å². The van der Waals surface area contributed by atoms with Crippen LogP contribution in [0.5, 0.6) is 0 Å². The van der Waals surface area contributed by atoms with Crippen LogP contribution in [0.15, 0.2) is 27.1 Å². The van der Waals surface area contributed by atoms with Gasteiger partial charge in [0.1, 0.15) is 0 Å². The maximum absolute atomic E-state index is 4.92. The van der Waals surface area contributed by atoms with Crippen molar-refractivity contribution in [2.45, 2.75) is 51.9 Å². The molecule has 112 valence electrons. The normalized spacial score (nSPS) is 18.0. The van der Waals surface area contributed by atoms with Crippen LogP contribution < -0.4 is 0 Å². The third-order valence-electron chi connectivity index (χ3n) is 4.52. The molecule has 0 fully saturated rings. The molecule has 1 aromatic carbocycles. The summed E-state index contributed by atoms with van der Waals surface area (Å²) >= 11 is 7.21. The number of hydrogen-bond donors (Lipinski definition) is 0. The lowest BCUT2D eigenvalue weighted by atomic mass is 9.83. The summed E-state index contributed by atoms with van der Waals surface area (Å²) in [6, 6.07) is 6.62. The third-order valence-corrected chi connectivity index (χ3v) is 5.58. The topological polar surface area (TPSA) is 12.9 Å². The smallest absolute Gasteiger partial charge is 0.0848 e. The lowest BCUT2D eigenvalue weighted by molar-refractivity contribution is 0.405. The maximum Gasteiger partial charge on any atom is 0.0848 e. The van der Waals surface area contributed by atoms with E-state index >= 15 is 0 Å². The minimum Gasteiger partial charge on any atom is -0.251 e. The summed E-state index contributed by atoms with van der Waals surface area (Å²) < 4.78 is 2.19. The molecule has 0 spiro atoms. The number of pyridine rings is 1. The van der Waals surface area contributed by atoms with Crippen molar-refractivity contribution in [2.24, 2.45) is 5.92 Å². The zero-order valence-corrected chi connectivity index (χ0v) is 15.6. The Kier molecular flexibility index (Phi) is 5.00. The molecular formula is C18H21Br2N. The minimum absolute atomic E-state index is 0.860. The van der Waals surface area contributed by atoms with Crippen molar-refractivity contribution in [3.8, 4) is 0 Å². The predicted octanol–water partition coefficient (Wildman–Crippen LogP) is 6.45. The summed E-state index contributed by atoms with van der Waals surface area (Å²) in [5.41, 5.74) is 3.89. The van der Waals surface area contributed by atoms with Crippen LogP contribution in [0.2, 0.25) is 0 Å². The highest BCUT2D eigenvalue weighted by Crippen LogP contribution is 2.33. The summed E-state index contributed by atoms with van der Waals surface area (Å²) in [4.78, 5) is 4.92. The Morgan fingerprint density at radius 1 is 1.19 bits per heavy atom. The molecule has 1 aliphatic rings. The number of hydrogen-bond acceptors (Lipinski definition) is 1. The molecule has 2 aromatic rings. The average Bonchev–Trinajstić information content (AvgIpc) is 2.45. The average molecular weight is 411 g/mol. The lowest BCUT2D eigenvalue weighted by Crippen LogP contribution is -2.15. The van der Waals surface area contributed by atoms with Crippen LogP contribution in [-0.4, -0.2) is 4.98 Å². The molecule has 0 unspecified atom stereocenters. The van der Waals surface area contributed by atoms with Crippen LogP contribution in [0, 0.1) is 5.92 Å². The summed E-state index contributed by atoms with van der Waals surface area (Å²) in [5, 5.41) is 1.24. The zero-order chi connectivity index (χ0) is 14.8. The van der Waals surface area contributed by atoms with Gasteiger partial charge in [0, 0.05) is 20.0 Å². The van der Waals surface area contributed by atoms with E-state index in [4.69, 9.17) is 4.98 Å². The number of benzene rings is 1.